The Morgan fingerprint density at radius 3 is 2.67 bits per heavy atom. The van der Waals surface area contributed by atoms with Crippen molar-refractivity contribution >= 4 is 27.5 Å². The van der Waals surface area contributed by atoms with Crippen molar-refractivity contribution in [3.63, 3.8) is 0 Å². The fourth-order valence-corrected chi connectivity index (χ4v) is 5.60. The van der Waals surface area contributed by atoms with Crippen LogP contribution in [0.4, 0.5) is 0 Å². The second-order valence-corrected chi connectivity index (χ2v) is 10.6. The number of hydrogen-bond donors (Lipinski definition) is 1. The van der Waals surface area contributed by atoms with Crippen LogP contribution in [-0.2, 0) is 20.6 Å². The number of carbonyl (C=O) groups excluding carboxylic acids is 1. The van der Waals surface area contributed by atoms with Gasteiger partial charge in [-0.3, -0.25) is 4.79 Å². The molecule has 162 valence electrons. The highest BCUT2D eigenvalue weighted by Gasteiger charge is 2.32. The lowest BCUT2D eigenvalue weighted by molar-refractivity contribution is -0.126. The molecule has 0 radical (unpaired) electrons. The summed E-state index contributed by atoms with van der Waals surface area (Å²) in [6.07, 6.45) is 1.36. The molecule has 1 amide bonds. The van der Waals surface area contributed by atoms with E-state index in [0.717, 1.165) is 5.56 Å². The Morgan fingerprint density at radius 2 is 1.97 bits per heavy atom. The minimum absolute atomic E-state index is 0.0941. The Balaban J connectivity index is 1.64. The van der Waals surface area contributed by atoms with Crippen LogP contribution < -0.4 is 5.32 Å². The zero-order valence-corrected chi connectivity index (χ0v) is 19.3. The lowest BCUT2D eigenvalue weighted by atomic mass is 9.97. The largest absolute Gasteiger partial charge is 0.349 e. The number of nitrogens with zero attached hydrogens (tertiary/aromatic N) is 1. The fraction of sp³-hybridized carbons (Fsp3) is 0.435. The lowest BCUT2D eigenvalue weighted by Gasteiger charge is -2.32. The maximum absolute atomic E-state index is 12.9. The summed E-state index contributed by atoms with van der Waals surface area (Å²) in [7, 11) is -3.52. The molecule has 0 spiro atoms. The van der Waals surface area contributed by atoms with E-state index < -0.39 is 10.0 Å². The second kappa shape index (κ2) is 9.50. The van der Waals surface area contributed by atoms with Crippen LogP contribution >= 0.6 is 11.6 Å². The molecule has 1 aliphatic rings. The fourth-order valence-electron chi connectivity index (χ4n) is 3.79. The summed E-state index contributed by atoms with van der Waals surface area (Å²) in [5, 5.41) is 3.58. The number of sulfonamides is 1. The van der Waals surface area contributed by atoms with Crippen molar-refractivity contribution in [2.75, 3.05) is 13.1 Å². The number of halogens is 1. The van der Waals surface area contributed by atoms with E-state index in [9.17, 15) is 13.2 Å². The lowest BCUT2D eigenvalue weighted by Crippen LogP contribution is -2.46. The first-order valence-electron chi connectivity index (χ1n) is 10.3. The summed E-state index contributed by atoms with van der Waals surface area (Å²) < 4.78 is 27.2. The Morgan fingerprint density at radius 1 is 1.20 bits per heavy atom. The van der Waals surface area contributed by atoms with Crippen molar-refractivity contribution in [1.82, 2.24) is 9.62 Å². The third kappa shape index (κ3) is 5.62. The average molecular weight is 449 g/mol. The highest BCUT2D eigenvalue weighted by Crippen LogP contribution is 2.24. The standard InChI is InChI=1S/C23H29ClN2O3S/c1-16-9-10-20(12-17(16)2)18(3)25-23(27)21-7-5-11-26(14-21)30(28,29)15-19-6-4-8-22(24)13-19/h4,6,8-10,12-13,18,21H,5,7,11,14-15H2,1-3H3,(H,25,27)/t18-,21+/m1/s1. The summed E-state index contributed by atoms with van der Waals surface area (Å²) >= 11 is 5.98. The van der Waals surface area contributed by atoms with Gasteiger partial charge in [0.05, 0.1) is 17.7 Å². The van der Waals surface area contributed by atoms with Crippen LogP contribution in [0.2, 0.25) is 5.02 Å². The van der Waals surface area contributed by atoms with Gasteiger partial charge in [-0.2, -0.15) is 0 Å². The maximum Gasteiger partial charge on any atom is 0.224 e. The summed E-state index contributed by atoms with van der Waals surface area (Å²) in [6.45, 7) is 6.73. The normalized spacial score (nSPS) is 18.7. The monoisotopic (exact) mass is 448 g/mol. The van der Waals surface area contributed by atoms with E-state index in [1.807, 2.05) is 13.0 Å². The first kappa shape index (κ1) is 22.8. The molecule has 3 rings (SSSR count). The molecule has 0 aliphatic carbocycles. The van der Waals surface area contributed by atoms with Gasteiger partial charge in [-0.1, -0.05) is 41.9 Å². The van der Waals surface area contributed by atoms with Crippen LogP contribution in [0.15, 0.2) is 42.5 Å². The predicted octanol–water partition coefficient (Wildman–Crippen LogP) is 4.38. The van der Waals surface area contributed by atoms with Gasteiger partial charge >= 0.3 is 0 Å². The number of amides is 1. The van der Waals surface area contributed by atoms with Gasteiger partial charge < -0.3 is 5.32 Å². The van der Waals surface area contributed by atoms with E-state index >= 15 is 0 Å². The second-order valence-electron chi connectivity index (χ2n) is 8.16. The number of aryl methyl sites for hydroxylation is 2. The van der Waals surface area contributed by atoms with Crippen molar-refractivity contribution in [2.24, 2.45) is 5.92 Å². The molecule has 0 aromatic heterocycles. The van der Waals surface area contributed by atoms with Crippen LogP contribution in [0.5, 0.6) is 0 Å². The molecular formula is C23H29ClN2O3S. The molecule has 1 fully saturated rings. The van der Waals surface area contributed by atoms with Crippen LogP contribution in [0, 0.1) is 19.8 Å². The number of rotatable bonds is 6. The quantitative estimate of drug-likeness (QED) is 0.713. The average Bonchev–Trinajstić information content (AvgIpc) is 2.69. The van der Waals surface area contributed by atoms with Gasteiger partial charge in [-0.05, 0) is 68.0 Å². The molecule has 1 saturated heterocycles. The Kier molecular flexibility index (Phi) is 7.22. The predicted molar refractivity (Wildman–Crippen MR) is 121 cm³/mol. The van der Waals surface area contributed by atoms with Gasteiger partial charge in [0.25, 0.3) is 0 Å². The van der Waals surface area contributed by atoms with E-state index in [1.54, 1.807) is 24.3 Å². The molecule has 0 unspecified atom stereocenters. The SMILES string of the molecule is Cc1ccc([C@@H](C)NC(=O)[C@H]2CCCN(S(=O)(=O)Cc3cccc(Cl)c3)C2)cc1C. The summed E-state index contributed by atoms with van der Waals surface area (Å²) in [4.78, 5) is 12.9. The number of benzene rings is 2. The summed E-state index contributed by atoms with van der Waals surface area (Å²) in [6, 6.07) is 12.9. The number of hydrogen-bond acceptors (Lipinski definition) is 3. The highest BCUT2D eigenvalue weighted by atomic mass is 35.5. The maximum atomic E-state index is 12.9. The van der Waals surface area contributed by atoms with Gasteiger partial charge in [0.2, 0.25) is 15.9 Å². The van der Waals surface area contributed by atoms with Crippen LogP contribution in [0.3, 0.4) is 0 Å². The molecule has 1 N–H and O–H groups in total. The van der Waals surface area contributed by atoms with Crippen molar-refractivity contribution in [1.29, 1.82) is 0 Å². The number of nitrogens with one attached hydrogen (secondary N) is 1. The highest BCUT2D eigenvalue weighted by molar-refractivity contribution is 7.88. The summed E-state index contributed by atoms with van der Waals surface area (Å²) in [5.74, 6) is -0.550. The molecule has 30 heavy (non-hydrogen) atoms. The Hall–Kier alpha value is -1.89. The van der Waals surface area contributed by atoms with E-state index in [4.69, 9.17) is 11.6 Å². The minimum Gasteiger partial charge on any atom is -0.349 e. The van der Waals surface area contributed by atoms with Gasteiger partial charge in [-0.15, -0.1) is 0 Å². The van der Waals surface area contributed by atoms with Crippen molar-refractivity contribution in [3.05, 3.63) is 69.7 Å². The molecule has 0 saturated carbocycles. The topological polar surface area (TPSA) is 66.5 Å². The van der Waals surface area contributed by atoms with Gasteiger partial charge in [0.1, 0.15) is 0 Å². The van der Waals surface area contributed by atoms with Gasteiger partial charge in [0.15, 0.2) is 0 Å². The van der Waals surface area contributed by atoms with Gasteiger partial charge in [0, 0.05) is 18.1 Å². The molecule has 2 aromatic carbocycles. The van der Waals surface area contributed by atoms with Crippen LogP contribution in [0.1, 0.15) is 48.1 Å². The van der Waals surface area contributed by atoms with Crippen LogP contribution in [0.25, 0.3) is 0 Å². The van der Waals surface area contributed by atoms with Crippen molar-refractivity contribution in [2.45, 2.75) is 45.4 Å². The molecule has 7 heteroatoms. The smallest absolute Gasteiger partial charge is 0.224 e. The van der Waals surface area contributed by atoms with E-state index in [0.29, 0.717) is 30.0 Å². The first-order valence-corrected chi connectivity index (χ1v) is 12.2. The Bertz CT molecular complexity index is 1020. The van der Waals surface area contributed by atoms with Gasteiger partial charge in [-0.25, -0.2) is 12.7 Å². The molecule has 1 aliphatic heterocycles. The van der Waals surface area contributed by atoms with Crippen LogP contribution in [-0.4, -0.2) is 31.7 Å². The molecule has 5 nitrogen and oxygen atoms in total. The van der Waals surface area contributed by atoms with E-state index in [-0.39, 0.29) is 30.2 Å². The van der Waals surface area contributed by atoms with E-state index in [2.05, 4.69) is 31.3 Å². The molecule has 0 bridgehead atoms. The number of piperidine rings is 1. The molecule has 1 heterocycles. The van der Waals surface area contributed by atoms with Crippen molar-refractivity contribution in [3.8, 4) is 0 Å². The summed E-state index contributed by atoms with van der Waals surface area (Å²) in [5.41, 5.74) is 4.10. The zero-order chi connectivity index (χ0) is 21.9. The number of carbonyl (C=O) groups is 1. The van der Waals surface area contributed by atoms with E-state index in [1.165, 1.54) is 15.4 Å². The third-order valence-electron chi connectivity index (χ3n) is 5.78. The molecule has 2 aromatic rings. The zero-order valence-electron chi connectivity index (χ0n) is 17.7. The molecular weight excluding hydrogens is 420 g/mol. The Labute approximate surface area is 184 Å². The molecule has 2 atom stereocenters. The third-order valence-corrected chi connectivity index (χ3v) is 7.83. The minimum atomic E-state index is -3.52. The van der Waals surface area contributed by atoms with Crippen molar-refractivity contribution < 1.29 is 13.2 Å². The first-order chi connectivity index (χ1) is 14.2.